The Morgan fingerprint density at radius 2 is 2.12 bits per heavy atom. The quantitative estimate of drug-likeness (QED) is 0.560. The third kappa shape index (κ3) is 3.14. The minimum atomic E-state index is -4.61. The molecule has 84 valence electrons. The molecule has 0 radical (unpaired) electrons. The van der Waals surface area contributed by atoms with E-state index in [2.05, 4.69) is 4.98 Å². The molecule has 1 rings (SSSR count). The van der Waals surface area contributed by atoms with Crippen molar-refractivity contribution in [1.82, 2.24) is 4.98 Å². The summed E-state index contributed by atoms with van der Waals surface area (Å²) < 4.78 is 37.3. The molecular weight excluding hydrogens is 245 g/mol. The van der Waals surface area contributed by atoms with E-state index in [1.54, 1.807) is 5.92 Å². The maximum Gasteiger partial charge on any atom is 0.419 e. The molecule has 0 fully saturated rings. The van der Waals surface area contributed by atoms with Crippen molar-refractivity contribution in [1.29, 1.82) is 0 Å². The zero-order chi connectivity index (χ0) is 12.3. The van der Waals surface area contributed by atoms with Gasteiger partial charge in [-0.25, -0.2) is 4.98 Å². The molecule has 0 aliphatic heterocycles. The van der Waals surface area contributed by atoms with E-state index in [4.69, 9.17) is 17.3 Å². The fourth-order valence-corrected chi connectivity index (χ4v) is 1.05. The van der Waals surface area contributed by atoms with Gasteiger partial charge in [-0.2, -0.15) is 13.2 Å². The molecular formula is C9H4ClF3N2O. The fourth-order valence-electron chi connectivity index (χ4n) is 0.888. The second kappa shape index (κ2) is 4.41. The van der Waals surface area contributed by atoms with Crippen molar-refractivity contribution in [2.75, 3.05) is 0 Å². The van der Waals surface area contributed by atoms with Crippen LogP contribution in [0.25, 0.3) is 0 Å². The first-order valence-electron chi connectivity index (χ1n) is 3.85. The largest absolute Gasteiger partial charge is 0.419 e. The third-order valence-electron chi connectivity index (χ3n) is 1.50. The highest BCUT2D eigenvalue weighted by atomic mass is 35.5. The molecule has 0 saturated heterocycles. The van der Waals surface area contributed by atoms with Crippen LogP contribution in [0.15, 0.2) is 12.3 Å². The van der Waals surface area contributed by atoms with E-state index < -0.39 is 23.2 Å². The Balaban J connectivity index is 3.31. The molecule has 1 aromatic heterocycles. The minimum Gasteiger partial charge on any atom is -0.359 e. The van der Waals surface area contributed by atoms with Crippen molar-refractivity contribution in [3.8, 4) is 11.8 Å². The van der Waals surface area contributed by atoms with Crippen LogP contribution >= 0.6 is 11.6 Å². The molecule has 1 heterocycles. The highest BCUT2D eigenvalue weighted by Gasteiger charge is 2.33. The van der Waals surface area contributed by atoms with Crippen LogP contribution in [0.2, 0.25) is 5.15 Å². The van der Waals surface area contributed by atoms with Gasteiger partial charge in [-0.05, 0) is 12.0 Å². The third-order valence-corrected chi connectivity index (χ3v) is 1.70. The smallest absolute Gasteiger partial charge is 0.359 e. The number of hydrogen-bond acceptors (Lipinski definition) is 2. The number of alkyl halides is 3. The van der Waals surface area contributed by atoms with Gasteiger partial charge in [-0.1, -0.05) is 17.5 Å². The summed E-state index contributed by atoms with van der Waals surface area (Å²) in [6.07, 6.45) is -4.06. The SMILES string of the molecule is NC(=O)C#Cc1cc(Cl)ncc1C(F)(F)F. The van der Waals surface area contributed by atoms with Crippen LogP contribution < -0.4 is 5.73 Å². The number of carbonyl (C=O) groups is 1. The Hall–Kier alpha value is -1.74. The molecule has 7 heteroatoms. The average Bonchev–Trinajstić information content (AvgIpc) is 2.12. The van der Waals surface area contributed by atoms with Crippen LogP contribution in [0.1, 0.15) is 11.1 Å². The van der Waals surface area contributed by atoms with Gasteiger partial charge in [0, 0.05) is 11.8 Å². The molecule has 0 spiro atoms. The minimum absolute atomic E-state index is 0.151. The number of carbonyl (C=O) groups excluding carboxylic acids is 1. The van der Waals surface area contributed by atoms with E-state index >= 15 is 0 Å². The maximum absolute atomic E-state index is 12.4. The number of pyridine rings is 1. The lowest BCUT2D eigenvalue weighted by molar-refractivity contribution is -0.138. The summed E-state index contributed by atoms with van der Waals surface area (Å²) in [5, 5.41) is -0.151. The molecule has 0 aliphatic carbocycles. The van der Waals surface area contributed by atoms with E-state index in [-0.39, 0.29) is 5.15 Å². The van der Waals surface area contributed by atoms with Crippen molar-refractivity contribution >= 4 is 17.5 Å². The number of aromatic nitrogens is 1. The van der Waals surface area contributed by atoms with E-state index in [1.807, 2.05) is 5.92 Å². The summed E-state index contributed by atoms with van der Waals surface area (Å²) in [5.41, 5.74) is 3.19. The summed E-state index contributed by atoms with van der Waals surface area (Å²) >= 11 is 5.42. The van der Waals surface area contributed by atoms with Crippen LogP contribution in [0.5, 0.6) is 0 Å². The summed E-state index contributed by atoms with van der Waals surface area (Å²) in [4.78, 5) is 13.6. The van der Waals surface area contributed by atoms with Crippen molar-refractivity contribution in [2.45, 2.75) is 6.18 Å². The number of primary amides is 1. The zero-order valence-electron chi connectivity index (χ0n) is 7.60. The van der Waals surface area contributed by atoms with Crippen LogP contribution in [0, 0.1) is 11.8 Å². The molecule has 16 heavy (non-hydrogen) atoms. The fraction of sp³-hybridized carbons (Fsp3) is 0.111. The van der Waals surface area contributed by atoms with Gasteiger partial charge in [-0.15, -0.1) is 0 Å². The lowest BCUT2D eigenvalue weighted by Gasteiger charge is -2.08. The highest BCUT2D eigenvalue weighted by molar-refractivity contribution is 6.29. The Morgan fingerprint density at radius 3 is 2.62 bits per heavy atom. The molecule has 1 aromatic rings. The Kier molecular flexibility index (Phi) is 3.40. The first kappa shape index (κ1) is 12.3. The van der Waals surface area contributed by atoms with E-state index in [0.717, 1.165) is 6.07 Å². The van der Waals surface area contributed by atoms with Crippen molar-refractivity contribution in [3.63, 3.8) is 0 Å². The van der Waals surface area contributed by atoms with Crippen LogP contribution in [0.3, 0.4) is 0 Å². The van der Waals surface area contributed by atoms with Gasteiger partial charge in [0.2, 0.25) is 0 Å². The molecule has 2 N–H and O–H groups in total. The number of hydrogen-bond donors (Lipinski definition) is 1. The normalized spacial score (nSPS) is 10.5. The molecule has 0 saturated carbocycles. The number of amides is 1. The maximum atomic E-state index is 12.4. The van der Waals surface area contributed by atoms with E-state index in [0.29, 0.717) is 6.20 Å². The van der Waals surface area contributed by atoms with Crippen LogP contribution in [-0.4, -0.2) is 10.9 Å². The molecule has 0 atom stereocenters. The van der Waals surface area contributed by atoms with Crippen LogP contribution in [0.4, 0.5) is 13.2 Å². The summed E-state index contributed by atoms with van der Waals surface area (Å²) in [6, 6.07) is 0.917. The van der Waals surface area contributed by atoms with Gasteiger partial charge in [0.15, 0.2) is 0 Å². The van der Waals surface area contributed by atoms with Crippen molar-refractivity contribution < 1.29 is 18.0 Å². The lowest BCUT2D eigenvalue weighted by Crippen LogP contribution is -2.10. The second-order valence-corrected chi connectivity index (χ2v) is 3.05. The summed E-state index contributed by atoms with van der Waals surface area (Å²) in [6.45, 7) is 0. The van der Waals surface area contributed by atoms with E-state index in [9.17, 15) is 18.0 Å². The van der Waals surface area contributed by atoms with Gasteiger partial charge in [0.25, 0.3) is 5.91 Å². The molecule has 0 unspecified atom stereocenters. The Bertz CT molecular complexity index is 488. The predicted octanol–water partition coefficient (Wildman–Crippen LogP) is 1.59. The first-order chi connectivity index (χ1) is 7.30. The summed E-state index contributed by atoms with van der Waals surface area (Å²) in [5.74, 6) is 2.77. The number of halogens is 4. The standard InChI is InChI=1S/C9H4ClF3N2O/c10-7-3-5(1-2-8(14)16)6(4-15-7)9(11,12)13/h3-4H,(H2,14,16). The molecule has 1 amide bonds. The van der Waals surface area contributed by atoms with Gasteiger partial charge in [0.05, 0.1) is 5.56 Å². The van der Waals surface area contributed by atoms with E-state index in [1.165, 1.54) is 0 Å². The number of nitrogens with two attached hydrogens (primary N) is 1. The lowest BCUT2D eigenvalue weighted by atomic mass is 10.1. The molecule has 0 aromatic carbocycles. The summed E-state index contributed by atoms with van der Waals surface area (Å²) in [7, 11) is 0. The average molecular weight is 249 g/mol. The van der Waals surface area contributed by atoms with Gasteiger partial charge >= 0.3 is 6.18 Å². The van der Waals surface area contributed by atoms with Crippen LogP contribution in [-0.2, 0) is 11.0 Å². The second-order valence-electron chi connectivity index (χ2n) is 2.66. The molecule has 0 aliphatic rings. The van der Waals surface area contributed by atoms with Gasteiger partial charge in [0.1, 0.15) is 5.15 Å². The Labute approximate surface area is 93.4 Å². The molecule has 3 nitrogen and oxygen atoms in total. The Morgan fingerprint density at radius 1 is 1.50 bits per heavy atom. The van der Waals surface area contributed by atoms with Crippen molar-refractivity contribution in [2.24, 2.45) is 5.73 Å². The topological polar surface area (TPSA) is 56.0 Å². The predicted molar refractivity (Wildman–Crippen MR) is 50.3 cm³/mol. The van der Waals surface area contributed by atoms with Crippen molar-refractivity contribution in [3.05, 3.63) is 28.5 Å². The highest BCUT2D eigenvalue weighted by Crippen LogP contribution is 2.31. The number of rotatable bonds is 0. The van der Waals surface area contributed by atoms with Gasteiger partial charge < -0.3 is 5.73 Å². The first-order valence-corrected chi connectivity index (χ1v) is 4.22. The van der Waals surface area contributed by atoms with Gasteiger partial charge in [-0.3, -0.25) is 4.79 Å². The zero-order valence-corrected chi connectivity index (χ0v) is 8.36. The monoisotopic (exact) mass is 248 g/mol. The molecule has 0 bridgehead atoms. The number of nitrogens with zero attached hydrogens (tertiary/aromatic N) is 1.